The molecule has 0 saturated heterocycles. The minimum absolute atomic E-state index is 0.145. The highest BCUT2D eigenvalue weighted by atomic mass is 32.1. The van der Waals surface area contributed by atoms with Gasteiger partial charge in [-0.2, -0.15) is 0 Å². The lowest BCUT2D eigenvalue weighted by Gasteiger charge is -2.15. The van der Waals surface area contributed by atoms with E-state index in [-0.39, 0.29) is 29.8 Å². The number of thiophene rings is 1. The van der Waals surface area contributed by atoms with Crippen LogP contribution >= 0.6 is 11.3 Å². The van der Waals surface area contributed by atoms with Crippen molar-refractivity contribution in [3.63, 3.8) is 0 Å². The topological polar surface area (TPSA) is 72.5 Å². The number of ketones is 1. The number of nitrogens with one attached hydrogen (secondary N) is 1. The molecule has 0 aliphatic carbocycles. The van der Waals surface area contributed by atoms with Gasteiger partial charge in [-0.15, -0.1) is 11.3 Å². The van der Waals surface area contributed by atoms with E-state index in [0.717, 1.165) is 16.9 Å². The highest BCUT2D eigenvalue weighted by molar-refractivity contribution is 7.18. The molecule has 1 aromatic carbocycles. The van der Waals surface area contributed by atoms with E-state index in [1.807, 2.05) is 37.3 Å². The Bertz CT molecular complexity index is 811. The molecule has 0 radical (unpaired) electrons. The first-order valence-electron chi connectivity index (χ1n) is 8.57. The number of esters is 1. The molecule has 0 aliphatic heterocycles. The third-order valence-electron chi connectivity index (χ3n) is 4.11. The van der Waals surface area contributed by atoms with E-state index in [4.69, 9.17) is 4.74 Å². The highest BCUT2D eigenvalue weighted by Gasteiger charge is 2.27. The van der Waals surface area contributed by atoms with Crippen LogP contribution in [0.3, 0.4) is 0 Å². The van der Waals surface area contributed by atoms with Crippen molar-refractivity contribution in [2.24, 2.45) is 0 Å². The molecule has 0 spiro atoms. The van der Waals surface area contributed by atoms with E-state index in [9.17, 15) is 14.4 Å². The number of hydrogen-bond donors (Lipinski definition) is 1. The fraction of sp³-hybridized carbons (Fsp3) is 0.350. The largest absolute Gasteiger partial charge is 0.462 e. The van der Waals surface area contributed by atoms with Crippen LogP contribution in [0.5, 0.6) is 0 Å². The second kappa shape index (κ2) is 8.76. The van der Waals surface area contributed by atoms with E-state index in [2.05, 4.69) is 5.32 Å². The van der Waals surface area contributed by atoms with Gasteiger partial charge < -0.3 is 10.1 Å². The molecule has 2 rings (SSSR count). The number of amides is 1. The molecule has 1 N–H and O–H groups in total. The van der Waals surface area contributed by atoms with E-state index < -0.39 is 5.97 Å². The highest BCUT2D eigenvalue weighted by Crippen LogP contribution is 2.35. The summed E-state index contributed by atoms with van der Waals surface area (Å²) in [5.41, 5.74) is 1.72. The number of anilines is 1. The van der Waals surface area contributed by atoms with Gasteiger partial charge in [0.05, 0.1) is 23.0 Å². The maximum absolute atomic E-state index is 12.8. The van der Waals surface area contributed by atoms with Crippen LogP contribution in [0.15, 0.2) is 30.3 Å². The summed E-state index contributed by atoms with van der Waals surface area (Å²) in [5, 5.41) is 3.21. The average Bonchev–Trinajstić information content (AvgIpc) is 2.93. The standard InChI is InChI=1S/C20H23NO4S/c1-5-15(14-10-8-7-9-11-14)18(23)21-19-16(20(24)25-6-2)12(3)17(26-19)13(4)22/h7-11,15H,5-6H2,1-4H3,(H,21,23)/t15-/m0/s1. The number of rotatable bonds is 7. The molecule has 5 nitrogen and oxygen atoms in total. The first-order valence-corrected chi connectivity index (χ1v) is 9.39. The molecular weight excluding hydrogens is 350 g/mol. The van der Waals surface area contributed by atoms with Crippen LogP contribution in [-0.4, -0.2) is 24.3 Å². The molecule has 0 unspecified atom stereocenters. The predicted octanol–water partition coefficient (Wildman–Crippen LogP) is 4.57. The van der Waals surface area contributed by atoms with Crippen molar-refractivity contribution in [3.8, 4) is 0 Å². The summed E-state index contributed by atoms with van der Waals surface area (Å²) in [6.45, 7) is 7.01. The minimum atomic E-state index is -0.531. The molecular formula is C20H23NO4S. The van der Waals surface area contributed by atoms with E-state index in [0.29, 0.717) is 21.9 Å². The molecule has 26 heavy (non-hydrogen) atoms. The van der Waals surface area contributed by atoms with Gasteiger partial charge in [-0.05, 0) is 38.3 Å². The number of ether oxygens (including phenoxy) is 1. The van der Waals surface area contributed by atoms with Crippen molar-refractivity contribution >= 4 is 34.0 Å². The smallest absolute Gasteiger partial charge is 0.341 e. The van der Waals surface area contributed by atoms with E-state index in [1.54, 1.807) is 13.8 Å². The maximum atomic E-state index is 12.8. The summed E-state index contributed by atoms with van der Waals surface area (Å²) in [6.07, 6.45) is 0.620. The molecule has 0 bridgehead atoms. The molecule has 1 atom stereocenters. The fourth-order valence-corrected chi connectivity index (χ4v) is 3.94. The third kappa shape index (κ3) is 4.19. The van der Waals surface area contributed by atoms with E-state index in [1.165, 1.54) is 6.92 Å². The lowest BCUT2D eigenvalue weighted by Crippen LogP contribution is -2.21. The SMILES string of the molecule is CCOC(=O)c1c(NC(=O)[C@@H](CC)c2ccccc2)sc(C(C)=O)c1C. The van der Waals surface area contributed by atoms with Crippen LogP contribution in [-0.2, 0) is 9.53 Å². The molecule has 1 aromatic heterocycles. The van der Waals surface area contributed by atoms with Gasteiger partial charge in [-0.25, -0.2) is 4.79 Å². The van der Waals surface area contributed by atoms with Crippen molar-refractivity contribution in [3.05, 3.63) is 51.9 Å². The van der Waals surface area contributed by atoms with Crippen LogP contribution in [0.25, 0.3) is 0 Å². The Balaban J connectivity index is 2.38. The molecule has 0 fully saturated rings. The van der Waals surface area contributed by atoms with Gasteiger partial charge in [0.15, 0.2) is 5.78 Å². The molecule has 0 aliphatic rings. The molecule has 6 heteroatoms. The van der Waals surface area contributed by atoms with Gasteiger partial charge in [0.1, 0.15) is 5.00 Å². The summed E-state index contributed by atoms with van der Waals surface area (Å²) in [6, 6.07) is 9.48. The number of hydrogen-bond acceptors (Lipinski definition) is 5. The quantitative estimate of drug-likeness (QED) is 0.570. The molecule has 2 aromatic rings. The van der Waals surface area contributed by atoms with Gasteiger partial charge in [-0.3, -0.25) is 9.59 Å². The van der Waals surface area contributed by atoms with Crippen molar-refractivity contribution in [1.29, 1.82) is 0 Å². The summed E-state index contributed by atoms with van der Waals surface area (Å²) >= 11 is 1.12. The fourth-order valence-electron chi connectivity index (χ4n) is 2.84. The Labute approximate surface area is 157 Å². The number of benzene rings is 1. The Kier molecular flexibility index (Phi) is 6.69. The summed E-state index contributed by atoms with van der Waals surface area (Å²) < 4.78 is 5.10. The van der Waals surface area contributed by atoms with Crippen molar-refractivity contribution in [1.82, 2.24) is 0 Å². The normalized spacial score (nSPS) is 11.7. The monoisotopic (exact) mass is 373 g/mol. The van der Waals surface area contributed by atoms with Gasteiger partial charge in [0, 0.05) is 0 Å². The lowest BCUT2D eigenvalue weighted by molar-refractivity contribution is -0.117. The Morgan fingerprint density at radius 3 is 2.35 bits per heavy atom. The first-order chi connectivity index (χ1) is 12.4. The van der Waals surface area contributed by atoms with E-state index >= 15 is 0 Å². The number of carbonyl (C=O) groups is 3. The molecule has 1 amide bonds. The van der Waals surface area contributed by atoms with Gasteiger partial charge >= 0.3 is 5.97 Å². The van der Waals surface area contributed by atoms with Crippen LogP contribution in [0.4, 0.5) is 5.00 Å². The maximum Gasteiger partial charge on any atom is 0.341 e. The van der Waals surface area contributed by atoms with Crippen LogP contribution in [0.1, 0.15) is 64.3 Å². The van der Waals surface area contributed by atoms with Crippen molar-refractivity contribution < 1.29 is 19.1 Å². The van der Waals surface area contributed by atoms with Crippen molar-refractivity contribution in [2.75, 3.05) is 11.9 Å². The third-order valence-corrected chi connectivity index (χ3v) is 5.42. The summed E-state index contributed by atoms with van der Waals surface area (Å²) in [4.78, 5) is 37.5. The van der Waals surface area contributed by atoms with Gasteiger partial charge in [-0.1, -0.05) is 37.3 Å². The second-order valence-corrected chi connectivity index (χ2v) is 6.92. The van der Waals surface area contributed by atoms with Crippen LogP contribution in [0.2, 0.25) is 0 Å². The van der Waals surface area contributed by atoms with Gasteiger partial charge in [0.2, 0.25) is 5.91 Å². The van der Waals surface area contributed by atoms with Crippen LogP contribution < -0.4 is 5.32 Å². The zero-order chi connectivity index (χ0) is 19.3. The Morgan fingerprint density at radius 2 is 1.81 bits per heavy atom. The Morgan fingerprint density at radius 1 is 1.15 bits per heavy atom. The van der Waals surface area contributed by atoms with Gasteiger partial charge in [0.25, 0.3) is 0 Å². The zero-order valence-electron chi connectivity index (χ0n) is 15.4. The van der Waals surface area contributed by atoms with Crippen molar-refractivity contribution in [2.45, 2.75) is 40.0 Å². The number of Topliss-reactive ketones (excluding diaryl/α,β-unsaturated/α-hetero) is 1. The first kappa shape index (κ1) is 19.8. The molecule has 1 heterocycles. The summed E-state index contributed by atoms with van der Waals surface area (Å²) in [7, 11) is 0. The predicted molar refractivity (Wildman–Crippen MR) is 103 cm³/mol. The lowest BCUT2D eigenvalue weighted by atomic mass is 9.95. The molecule has 138 valence electrons. The second-order valence-electron chi connectivity index (χ2n) is 5.90. The zero-order valence-corrected chi connectivity index (χ0v) is 16.2. The summed E-state index contributed by atoms with van der Waals surface area (Å²) in [5.74, 6) is -1.22. The minimum Gasteiger partial charge on any atom is -0.462 e. The van der Waals surface area contributed by atoms with Crippen LogP contribution in [0, 0.1) is 6.92 Å². The average molecular weight is 373 g/mol. The Hall–Kier alpha value is -2.47. The number of carbonyl (C=O) groups excluding carboxylic acids is 3. The molecule has 0 saturated carbocycles.